The van der Waals surface area contributed by atoms with E-state index in [2.05, 4.69) is 15.9 Å². The molecule has 2 amide bonds. The van der Waals surface area contributed by atoms with Crippen molar-refractivity contribution in [2.24, 2.45) is 0 Å². The first-order chi connectivity index (χ1) is 11.7. The fraction of sp³-hybridized carbons (Fsp3) is 0.294. The predicted octanol–water partition coefficient (Wildman–Crippen LogP) is 5.11. The van der Waals surface area contributed by atoms with E-state index >= 15 is 0 Å². The number of thiophene rings is 1. The molecule has 1 aromatic carbocycles. The SMILES string of the molecule is CC(c1ccc(Cl)cc1Cl)N(C)C(=O)CN(C)C(=O)c1ccc(Br)s1. The Morgan fingerprint density at radius 2 is 1.88 bits per heavy atom. The van der Waals surface area contributed by atoms with Crippen molar-refractivity contribution in [2.45, 2.75) is 13.0 Å². The van der Waals surface area contributed by atoms with Crippen LogP contribution in [0.3, 0.4) is 0 Å². The second-order valence-electron chi connectivity index (χ2n) is 5.61. The summed E-state index contributed by atoms with van der Waals surface area (Å²) in [6.07, 6.45) is 0. The molecule has 0 fully saturated rings. The Bertz CT molecular complexity index is 797. The third-order valence-electron chi connectivity index (χ3n) is 3.89. The molecule has 0 radical (unpaired) electrons. The van der Waals surface area contributed by atoms with Gasteiger partial charge in [0.1, 0.15) is 0 Å². The summed E-state index contributed by atoms with van der Waals surface area (Å²) in [7, 11) is 3.31. The zero-order chi connectivity index (χ0) is 18.7. The number of hydrogen-bond donors (Lipinski definition) is 0. The Kier molecular flexibility index (Phi) is 6.91. The van der Waals surface area contributed by atoms with Crippen molar-refractivity contribution in [3.05, 3.63) is 54.6 Å². The van der Waals surface area contributed by atoms with E-state index < -0.39 is 0 Å². The van der Waals surface area contributed by atoms with Crippen LogP contribution < -0.4 is 0 Å². The predicted molar refractivity (Wildman–Crippen MR) is 107 cm³/mol. The standard InChI is InChI=1S/C17H17BrCl2N2O2S/c1-10(12-5-4-11(19)8-13(12)20)22(3)16(23)9-21(2)17(24)14-6-7-15(18)25-14/h4-8,10H,9H2,1-3H3. The van der Waals surface area contributed by atoms with Gasteiger partial charge in [0, 0.05) is 24.1 Å². The summed E-state index contributed by atoms with van der Waals surface area (Å²) in [5.74, 6) is -0.361. The molecule has 0 saturated carbocycles. The van der Waals surface area contributed by atoms with Gasteiger partial charge in [-0.05, 0) is 52.7 Å². The Balaban J connectivity index is 2.05. The van der Waals surface area contributed by atoms with E-state index in [9.17, 15) is 9.59 Å². The van der Waals surface area contributed by atoms with Crippen LogP contribution in [-0.2, 0) is 4.79 Å². The van der Waals surface area contributed by atoms with Gasteiger partial charge in [0.25, 0.3) is 5.91 Å². The van der Waals surface area contributed by atoms with Crippen molar-refractivity contribution in [2.75, 3.05) is 20.6 Å². The van der Waals surface area contributed by atoms with Gasteiger partial charge in [-0.2, -0.15) is 0 Å². The minimum Gasteiger partial charge on any atom is -0.337 e. The lowest BCUT2D eigenvalue weighted by Crippen LogP contribution is -2.40. The molecule has 4 nitrogen and oxygen atoms in total. The Labute approximate surface area is 169 Å². The molecule has 1 heterocycles. The number of carbonyl (C=O) groups excluding carboxylic acids is 2. The lowest BCUT2D eigenvalue weighted by molar-refractivity contribution is -0.132. The monoisotopic (exact) mass is 462 g/mol. The summed E-state index contributed by atoms with van der Waals surface area (Å²) >= 11 is 16.8. The van der Waals surface area contributed by atoms with Crippen molar-refractivity contribution in [1.82, 2.24) is 9.80 Å². The maximum absolute atomic E-state index is 12.5. The summed E-state index contributed by atoms with van der Waals surface area (Å²) in [4.78, 5) is 28.5. The molecule has 2 aromatic rings. The zero-order valence-corrected chi connectivity index (χ0v) is 17.8. The van der Waals surface area contributed by atoms with Crippen molar-refractivity contribution in [3.63, 3.8) is 0 Å². The Hall–Kier alpha value is -1.08. The normalized spacial score (nSPS) is 11.9. The third-order valence-corrected chi connectivity index (χ3v) is 6.06. The summed E-state index contributed by atoms with van der Waals surface area (Å²) < 4.78 is 0.874. The second kappa shape index (κ2) is 8.54. The van der Waals surface area contributed by atoms with Gasteiger partial charge in [-0.1, -0.05) is 29.3 Å². The summed E-state index contributed by atoms with van der Waals surface area (Å²) in [6.45, 7) is 1.87. The fourth-order valence-corrected chi connectivity index (χ4v) is 4.22. The van der Waals surface area contributed by atoms with Gasteiger partial charge in [-0.25, -0.2) is 0 Å². The number of carbonyl (C=O) groups is 2. The summed E-state index contributed by atoms with van der Waals surface area (Å²) in [5, 5.41) is 1.05. The minimum atomic E-state index is -0.239. The van der Waals surface area contributed by atoms with E-state index in [1.807, 2.05) is 13.0 Å². The van der Waals surface area contributed by atoms with E-state index in [1.165, 1.54) is 16.2 Å². The van der Waals surface area contributed by atoms with Gasteiger partial charge in [0.05, 0.1) is 21.3 Å². The van der Waals surface area contributed by atoms with Crippen LogP contribution in [0.4, 0.5) is 0 Å². The molecule has 0 aliphatic rings. The number of halogens is 3. The Morgan fingerprint density at radius 1 is 1.20 bits per heavy atom. The van der Waals surface area contributed by atoms with Crippen LogP contribution in [0, 0.1) is 0 Å². The molecule has 1 aromatic heterocycles. The quantitative estimate of drug-likeness (QED) is 0.618. The van der Waals surface area contributed by atoms with Crippen LogP contribution >= 0.6 is 50.5 Å². The molecule has 134 valence electrons. The van der Waals surface area contributed by atoms with Gasteiger partial charge in [-0.3, -0.25) is 9.59 Å². The fourth-order valence-electron chi connectivity index (χ4n) is 2.27. The first-order valence-corrected chi connectivity index (χ1v) is 9.78. The number of hydrogen-bond acceptors (Lipinski definition) is 3. The first kappa shape index (κ1) is 20.2. The van der Waals surface area contributed by atoms with Gasteiger partial charge in [-0.15, -0.1) is 11.3 Å². The molecule has 0 aliphatic carbocycles. The molecule has 8 heteroatoms. The van der Waals surface area contributed by atoms with Gasteiger partial charge in [0.15, 0.2) is 0 Å². The topological polar surface area (TPSA) is 40.6 Å². The average molecular weight is 464 g/mol. The van der Waals surface area contributed by atoms with Crippen molar-refractivity contribution in [1.29, 1.82) is 0 Å². The van der Waals surface area contributed by atoms with E-state index in [0.29, 0.717) is 14.9 Å². The van der Waals surface area contributed by atoms with Crippen LogP contribution in [0.25, 0.3) is 0 Å². The van der Waals surface area contributed by atoms with Gasteiger partial charge in [0.2, 0.25) is 5.91 Å². The molecule has 0 aliphatic heterocycles. The van der Waals surface area contributed by atoms with Gasteiger partial charge < -0.3 is 9.80 Å². The number of rotatable bonds is 5. The smallest absolute Gasteiger partial charge is 0.264 e. The summed E-state index contributed by atoms with van der Waals surface area (Å²) in [6, 6.07) is 8.50. The number of nitrogens with zero attached hydrogens (tertiary/aromatic N) is 2. The molecule has 0 spiro atoms. The van der Waals surface area contributed by atoms with E-state index in [4.69, 9.17) is 23.2 Å². The lowest BCUT2D eigenvalue weighted by atomic mass is 10.1. The first-order valence-electron chi connectivity index (χ1n) is 7.42. The highest BCUT2D eigenvalue weighted by Gasteiger charge is 2.23. The maximum Gasteiger partial charge on any atom is 0.264 e. The largest absolute Gasteiger partial charge is 0.337 e. The van der Waals surface area contributed by atoms with E-state index in [1.54, 1.807) is 43.3 Å². The zero-order valence-electron chi connectivity index (χ0n) is 13.9. The van der Waals surface area contributed by atoms with Crippen LogP contribution in [0.15, 0.2) is 34.1 Å². The van der Waals surface area contributed by atoms with Crippen molar-refractivity contribution >= 4 is 62.3 Å². The average Bonchev–Trinajstić information content (AvgIpc) is 2.99. The minimum absolute atomic E-state index is 0.0135. The molecule has 0 N–H and O–H groups in total. The molecular weight excluding hydrogens is 447 g/mol. The van der Waals surface area contributed by atoms with Crippen LogP contribution in [0.2, 0.25) is 10.0 Å². The molecule has 1 atom stereocenters. The van der Waals surface area contributed by atoms with Crippen molar-refractivity contribution in [3.8, 4) is 0 Å². The van der Waals surface area contributed by atoms with Crippen LogP contribution in [0.1, 0.15) is 28.2 Å². The molecule has 0 bridgehead atoms. The second-order valence-corrected chi connectivity index (χ2v) is 8.92. The molecule has 1 unspecified atom stereocenters. The molecule has 25 heavy (non-hydrogen) atoms. The highest BCUT2D eigenvalue weighted by Crippen LogP contribution is 2.29. The summed E-state index contributed by atoms with van der Waals surface area (Å²) in [5.41, 5.74) is 0.804. The third kappa shape index (κ3) is 4.97. The van der Waals surface area contributed by atoms with E-state index in [0.717, 1.165) is 9.35 Å². The number of benzene rings is 1. The molecule has 0 saturated heterocycles. The molecule has 2 rings (SSSR count). The highest BCUT2D eigenvalue weighted by atomic mass is 79.9. The maximum atomic E-state index is 12.5. The highest BCUT2D eigenvalue weighted by molar-refractivity contribution is 9.11. The molecular formula is C17H17BrCl2N2O2S. The van der Waals surface area contributed by atoms with Crippen molar-refractivity contribution < 1.29 is 9.59 Å². The van der Waals surface area contributed by atoms with Gasteiger partial charge >= 0.3 is 0 Å². The number of amides is 2. The number of likely N-dealkylation sites (N-methyl/N-ethyl adjacent to an activating group) is 2. The lowest BCUT2D eigenvalue weighted by Gasteiger charge is -2.28. The van der Waals surface area contributed by atoms with Crippen LogP contribution in [-0.4, -0.2) is 42.3 Å². The van der Waals surface area contributed by atoms with Crippen LogP contribution in [0.5, 0.6) is 0 Å². The Morgan fingerprint density at radius 3 is 2.44 bits per heavy atom. The van der Waals surface area contributed by atoms with E-state index in [-0.39, 0.29) is 24.4 Å².